The van der Waals surface area contributed by atoms with Crippen molar-refractivity contribution in [2.45, 2.75) is 39.7 Å². The van der Waals surface area contributed by atoms with Gasteiger partial charge in [-0.1, -0.05) is 32.4 Å². The van der Waals surface area contributed by atoms with Gasteiger partial charge in [0.05, 0.1) is 6.04 Å². The van der Waals surface area contributed by atoms with Crippen molar-refractivity contribution in [1.82, 2.24) is 0 Å². The van der Waals surface area contributed by atoms with Crippen molar-refractivity contribution in [3.8, 4) is 0 Å². The van der Waals surface area contributed by atoms with Crippen LogP contribution < -0.4 is 0 Å². The SMILES string of the molecule is CCC(C)C(CC)N=O. The van der Waals surface area contributed by atoms with Crippen molar-refractivity contribution in [3.63, 3.8) is 0 Å². The minimum Gasteiger partial charge on any atom is -0.151 e. The molecule has 0 rings (SSSR count). The molecule has 0 fully saturated rings. The van der Waals surface area contributed by atoms with Crippen LogP contribution in [0.15, 0.2) is 5.18 Å². The topological polar surface area (TPSA) is 29.4 Å². The van der Waals surface area contributed by atoms with Crippen LogP contribution in [0.25, 0.3) is 0 Å². The molecule has 0 aliphatic rings. The maximum atomic E-state index is 10.1. The molecule has 0 aliphatic carbocycles. The lowest BCUT2D eigenvalue weighted by Gasteiger charge is -2.11. The monoisotopic (exact) mass is 129 g/mol. The quantitative estimate of drug-likeness (QED) is 0.536. The molecule has 0 amide bonds. The van der Waals surface area contributed by atoms with E-state index in [1.807, 2.05) is 6.92 Å². The lowest BCUT2D eigenvalue weighted by Crippen LogP contribution is -2.12. The zero-order chi connectivity index (χ0) is 7.28. The summed E-state index contributed by atoms with van der Waals surface area (Å²) < 4.78 is 0. The molecule has 0 N–H and O–H groups in total. The molecule has 0 bridgehead atoms. The van der Waals surface area contributed by atoms with Gasteiger partial charge in [-0.15, -0.1) is 0 Å². The van der Waals surface area contributed by atoms with Gasteiger partial charge in [0, 0.05) is 0 Å². The molecule has 0 aromatic heterocycles. The van der Waals surface area contributed by atoms with Crippen LogP contribution in [0.5, 0.6) is 0 Å². The molecule has 0 aliphatic heterocycles. The van der Waals surface area contributed by atoms with Crippen LogP contribution in [0.3, 0.4) is 0 Å². The number of nitroso groups, excluding NO2 is 1. The second kappa shape index (κ2) is 4.48. The average molecular weight is 129 g/mol. The summed E-state index contributed by atoms with van der Waals surface area (Å²) >= 11 is 0. The van der Waals surface area contributed by atoms with Gasteiger partial charge in [0.15, 0.2) is 0 Å². The van der Waals surface area contributed by atoms with E-state index in [9.17, 15) is 4.91 Å². The summed E-state index contributed by atoms with van der Waals surface area (Å²) in [5.41, 5.74) is 0. The second-order valence-electron chi connectivity index (χ2n) is 2.47. The molecular weight excluding hydrogens is 114 g/mol. The summed E-state index contributed by atoms with van der Waals surface area (Å²) in [5, 5.41) is 3.03. The molecule has 9 heavy (non-hydrogen) atoms. The largest absolute Gasteiger partial charge is 0.151 e. The first-order chi connectivity index (χ1) is 4.26. The minimum absolute atomic E-state index is 0.0370. The number of hydrogen-bond acceptors (Lipinski definition) is 2. The van der Waals surface area contributed by atoms with E-state index in [0.717, 1.165) is 12.8 Å². The van der Waals surface area contributed by atoms with Gasteiger partial charge < -0.3 is 0 Å². The van der Waals surface area contributed by atoms with E-state index in [1.165, 1.54) is 0 Å². The summed E-state index contributed by atoms with van der Waals surface area (Å²) in [6, 6.07) is 0.0370. The van der Waals surface area contributed by atoms with Gasteiger partial charge in [-0.25, -0.2) is 0 Å². The van der Waals surface area contributed by atoms with Gasteiger partial charge in [-0.05, 0) is 12.3 Å². The Morgan fingerprint density at radius 1 is 1.33 bits per heavy atom. The zero-order valence-electron chi connectivity index (χ0n) is 6.42. The van der Waals surface area contributed by atoms with Crippen molar-refractivity contribution in [2.75, 3.05) is 0 Å². The van der Waals surface area contributed by atoms with Gasteiger partial charge >= 0.3 is 0 Å². The predicted molar refractivity (Wildman–Crippen MR) is 39.3 cm³/mol. The first kappa shape index (κ1) is 8.60. The summed E-state index contributed by atoms with van der Waals surface area (Å²) in [6.45, 7) is 6.15. The Bertz CT molecular complexity index is 83.0. The average Bonchev–Trinajstić information content (AvgIpc) is 1.90. The van der Waals surface area contributed by atoms with Crippen LogP contribution >= 0.6 is 0 Å². The summed E-state index contributed by atoms with van der Waals surface area (Å²) in [7, 11) is 0. The highest BCUT2D eigenvalue weighted by molar-refractivity contribution is 4.68. The van der Waals surface area contributed by atoms with Crippen LogP contribution in [0, 0.1) is 10.8 Å². The summed E-state index contributed by atoms with van der Waals surface area (Å²) in [4.78, 5) is 10.1. The zero-order valence-corrected chi connectivity index (χ0v) is 6.42. The third-order valence-corrected chi connectivity index (χ3v) is 1.85. The van der Waals surface area contributed by atoms with Gasteiger partial charge in [-0.3, -0.25) is 0 Å². The lowest BCUT2D eigenvalue weighted by atomic mass is 9.98. The molecule has 54 valence electrons. The third-order valence-electron chi connectivity index (χ3n) is 1.85. The molecule has 0 saturated heterocycles. The number of nitrogens with zero attached hydrogens (tertiary/aromatic N) is 1. The van der Waals surface area contributed by atoms with Crippen LogP contribution in [0.4, 0.5) is 0 Å². The Morgan fingerprint density at radius 2 is 1.89 bits per heavy atom. The van der Waals surface area contributed by atoms with E-state index in [0.29, 0.717) is 5.92 Å². The van der Waals surface area contributed by atoms with Crippen molar-refractivity contribution < 1.29 is 0 Å². The first-order valence-electron chi connectivity index (χ1n) is 3.58. The van der Waals surface area contributed by atoms with Crippen LogP contribution in [-0.2, 0) is 0 Å². The van der Waals surface area contributed by atoms with E-state index in [2.05, 4.69) is 19.0 Å². The minimum atomic E-state index is 0.0370. The molecule has 0 aromatic rings. The number of hydrogen-bond donors (Lipinski definition) is 0. The van der Waals surface area contributed by atoms with E-state index < -0.39 is 0 Å². The van der Waals surface area contributed by atoms with Gasteiger partial charge in [0.25, 0.3) is 0 Å². The maximum Gasteiger partial charge on any atom is 0.0942 e. The van der Waals surface area contributed by atoms with Gasteiger partial charge in [0.1, 0.15) is 0 Å². The van der Waals surface area contributed by atoms with Gasteiger partial charge in [-0.2, -0.15) is 4.91 Å². The lowest BCUT2D eigenvalue weighted by molar-refractivity contribution is 0.432. The molecule has 2 atom stereocenters. The predicted octanol–water partition coefficient (Wildman–Crippen LogP) is 2.58. The summed E-state index contributed by atoms with van der Waals surface area (Å²) in [6.07, 6.45) is 1.92. The third kappa shape index (κ3) is 2.59. The Labute approximate surface area is 56.6 Å². The van der Waals surface area contributed by atoms with Crippen LogP contribution in [0.1, 0.15) is 33.6 Å². The first-order valence-corrected chi connectivity index (χ1v) is 3.58. The highest BCUT2D eigenvalue weighted by Crippen LogP contribution is 2.13. The molecule has 0 saturated carbocycles. The van der Waals surface area contributed by atoms with Crippen molar-refractivity contribution in [1.29, 1.82) is 0 Å². The van der Waals surface area contributed by atoms with Crippen molar-refractivity contribution >= 4 is 0 Å². The Balaban J connectivity index is 3.63. The van der Waals surface area contributed by atoms with E-state index >= 15 is 0 Å². The van der Waals surface area contributed by atoms with Crippen molar-refractivity contribution in [3.05, 3.63) is 4.91 Å². The standard InChI is InChI=1S/C7H15NO/c1-4-6(3)7(5-2)8-9/h6-7H,4-5H2,1-3H3. The highest BCUT2D eigenvalue weighted by atomic mass is 16.3. The van der Waals surface area contributed by atoms with E-state index in [4.69, 9.17) is 0 Å². The van der Waals surface area contributed by atoms with E-state index in [-0.39, 0.29) is 6.04 Å². The smallest absolute Gasteiger partial charge is 0.0942 e. The maximum absolute atomic E-state index is 10.1. The fourth-order valence-corrected chi connectivity index (χ4v) is 0.853. The van der Waals surface area contributed by atoms with Crippen molar-refractivity contribution in [2.24, 2.45) is 11.1 Å². The molecule has 0 aromatic carbocycles. The molecule has 0 radical (unpaired) electrons. The van der Waals surface area contributed by atoms with Gasteiger partial charge in [0.2, 0.25) is 0 Å². The molecule has 2 heteroatoms. The fraction of sp³-hybridized carbons (Fsp3) is 1.00. The molecule has 0 spiro atoms. The molecule has 0 heterocycles. The fourth-order valence-electron chi connectivity index (χ4n) is 0.853. The number of rotatable bonds is 4. The Morgan fingerprint density at radius 3 is 2.00 bits per heavy atom. The molecule has 2 nitrogen and oxygen atoms in total. The Kier molecular flexibility index (Phi) is 4.28. The molecular formula is C7H15NO. The van der Waals surface area contributed by atoms with Crippen LogP contribution in [0.2, 0.25) is 0 Å². The van der Waals surface area contributed by atoms with Crippen LogP contribution in [-0.4, -0.2) is 6.04 Å². The second-order valence-corrected chi connectivity index (χ2v) is 2.47. The van der Waals surface area contributed by atoms with E-state index in [1.54, 1.807) is 0 Å². The normalized spacial score (nSPS) is 16.8. The summed E-state index contributed by atoms with van der Waals surface area (Å²) in [5.74, 6) is 0.451. The molecule has 2 unspecified atom stereocenters. The highest BCUT2D eigenvalue weighted by Gasteiger charge is 2.12. The Hall–Kier alpha value is -0.400.